The van der Waals surface area contributed by atoms with Gasteiger partial charge in [-0.3, -0.25) is 9.69 Å². The first-order chi connectivity index (χ1) is 16.0. The first-order valence-electron chi connectivity index (χ1n) is 10.7. The molecule has 0 aliphatic carbocycles. The third kappa shape index (κ3) is 5.38. The Balaban J connectivity index is 1.49. The van der Waals surface area contributed by atoms with Crippen molar-refractivity contribution >= 4 is 35.1 Å². The zero-order valence-corrected chi connectivity index (χ0v) is 19.7. The molecule has 0 spiro atoms. The SMILES string of the molecule is COC(=O)c1ccc(C(=O)N2CCN(C(c3ccc(Cl)cc3)c3ccc(Cl)cc3)CC2)cc1. The highest BCUT2D eigenvalue weighted by atomic mass is 35.5. The zero-order chi connectivity index (χ0) is 23.4. The maximum Gasteiger partial charge on any atom is 0.337 e. The lowest BCUT2D eigenvalue weighted by atomic mass is 9.96. The van der Waals surface area contributed by atoms with Gasteiger partial charge in [0.1, 0.15) is 0 Å². The van der Waals surface area contributed by atoms with E-state index in [0.29, 0.717) is 34.3 Å². The zero-order valence-electron chi connectivity index (χ0n) is 18.2. The van der Waals surface area contributed by atoms with Crippen LogP contribution in [-0.4, -0.2) is 55.0 Å². The number of esters is 1. The quantitative estimate of drug-likeness (QED) is 0.461. The summed E-state index contributed by atoms with van der Waals surface area (Å²) >= 11 is 12.2. The summed E-state index contributed by atoms with van der Waals surface area (Å²) in [5, 5.41) is 1.39. The van der Waals surface area contributed by atoms with E-state index in [1.54, 1.807) is 24.3 Å². The van der Waals surface area contributed by atoms with Gasteiger partial charge in [0.15, 0.2) is 0 Å². The Labute approximate surface area is 203 Å². The van der Waals surface area contributed by atoms with Crippen molar-refractivity contribution in [2.24, 2.45) is 0 Å². The molecular weight excluding hydrogens is 459 g/mol. The Morgan fingerprint density at radius 2 is 1.18 bits per heavy atom. The average molecular weight is 483 g/mol. The Morgan fingerprint density at radius 1 is 0.727 bits per heavy atom. The van der Waals surface area contributed by atoms with Gasteiger partial charge >= 0.3 is 5.97 Å². The number of piperazine rings is 1. The first kappa shape index (κ1) is 23.3. The van der Waals surface area contributed by atoms with Gasteiger partial charge in [-0.1, -0.05) is 47.5 Å². The number of halogens is 2. The highest BCUT2D eigenvalue weighted by Gasteiger charge is 2.28. The molecule has 1 heterocycles. The van der Waals surface area contributed by atoms with E-state index in [-0.39, 0.29) is 11.9 Å². The summed E-state index contributed by atoms with van der Waals surface area (Å²) in [4.78, 5) is 28.9. The molecule has 0 radical (unpaired) electrons. The van der Waals surface area contributed by atoms with Gasteiger partial charge in [0.2, 0.25) is 0 Å². The van der Waals surface area contributed by atoms with Crippen LogP contribution in [0.1, 0.15) is 37.9 Å². The molecule has 33 heavy (non-hydrogen) atoms. The molecule has 1 saturated heterocycles. The van der Waals surface area contributed by atoms with E-state index in [4.69, 9.17) is 27.9 Å². The second kappa shape index (κ2) is 10.4. The summed E-state index contributed by atoms with van der Waals surface area (Å²) in [6, 6.07) is 22.4. The number of benzene rings is 3. The molecule has 0 bridgehead atoms. The highest BCUT2D eigenvalue weighted by molar-refractivity contribution is 6.30. The minimum Gasteiger partial charge on any atom is -0.465 e. The molecule has 0 saturated carbocycles. The van der Waals surface area contributed by atoms with Crippen LogP contribution in [0.5, 0.6) is 0 Å². The van der Waals surface area contributed by atoms with Gasteiger partial charge in [-0.25, -0.2) is 4.79 Å². The number of methoxy groups -OCH3 is 1. The molecule has 0 unspecified atom stereocenters. The van der Waals surface area contributed by atoms with Crippen molar-refractivity contribution in [1.29, 1.82) is 0 Å². The number of hydrogen-bond acceptors (Lipinski definition) is 4. The van der Waals surface area contributed by atoms with Crippen molar-refractivity contribution in [2.45, 2.75) is 6.04 Å². The second-order valence-electron chi connectivity index (χ2n) is 7.90. The third-order valence-electron chi connectivity index (χ3n) is 5.89. The lowest BCUT2D eigenvalue weighted by Gasteiger charge is -2.40. The van der Waals surface area contributed by atoms with E-state index >= 15 is 0 Å². The number of carbonyl (C=O) groups is 2. The standard InChI is InChI=1S/C26H24Cl2N2O3/c1-33-26(32)21-4-2-20(3-5-21)25(31)30-16-14-29(15-17-30)24(18-6-10-22(27)11-7-18)19-8-12-23(28)13-9-19/h2-13,24H,14-17H2,1H3. The van der Waals surface area contributed by atoms with Crippen molar-refractivity contribution in [2.75, 3.05) is 33.3 Å². The van der Waals surface area contributed by atoms with Crippen molar-refractivity contribution in [3.05, 3.63) is 105 Å². The van der Waals surface area contributed by atoms with E-state index in [1.165, 1.54) is 7.11 Å². The average Bonchev–Trinajstić information content (AvgIpc) is 2.86. The number of nitrogens with zero attached hydrogens (tertiary/aromatic N) is 2. The Kier molecular flexibility index (Phi) is 7.33. The van der Waals surface area contributed by atoms with Crippen LogP contribution in [0.25, 0.3) is 0 Å². The van der Waals surface area contributed by atoms with E-state index < -0.39 is 5.97 Å². The molecule has 1 aliphatic rings. The van der Waals surface area contributed by atoms with E-state index in [9.17, 15) is 9.59 Å². The van der Waals surface area contributed by atoms with Gasteiger partial charge in [-0.05, 0) is 59.7 Å². The summed E-state index contributed by atoms with van der Waals surface area (Å²) < 4.78 is 4.72. The van der Waals surface area contributed by atoms with Crippen LogP contribution in [0.4, 0.5) is 0 Å². The molecule has 4 rings (SSSR count). The van der Waals surface area contributed by atoms with E-state index in [2.05, 4.69) is 4.90 Å². The monoisotopic (exact) mass is 482 g/mol. The molecule has 1 amide bonds. The van der Waals surface area contributed by atoms with Crippen LogP contribution in [-0.2, 0) is 4.74 Å². The maximum atomic E-state index is 13.0. The number of rotatable bonds is 5. The number of hydrogen-bond donors (Lipinski definition) is 0. The molecular formula is C26H24Cl2N2O3. The molecule has 0 N–H and O–H groups in total. The predicted octanol–water partition coefficient (Wildman–Crippen LogP) is 5.33. The van der Waals surface area contributed by atoms with E-state index in [0.717, 1.165) is 24.2 Å². The van der Waals surface area contributed by atoms with Crippen molar-refractivity contribution in [3.8, 4) is 0 Å². The minimum atomic E-state index is -0.418. The van der Waals surface area contributed by atoms with Crippen molar-refractivity contribution < 1.29 is 14.3 Å². The number of ether oxygens (including phenoxy) is 1. The first-order valence-corrected chi connectivity index (χ1v) is 11.4. The van der Waals surface area contributed by atoms with Gasteiger partial charge in [0.25, 0.3) is 5.91 Å². The molecule has 5 nitrogen and oxygen atoms in total. The van der Waals surface area contributed by atoms with Crippen LogP contribution in [0, 0.1) is 0 Å². The lowest BCUT2D eigenvalue weighted by Crippen LogP contribution is -2.49. The summed E-state index contributed by atoms with van der Waals surface area (Å²) in [7, 11) is 1.34. The highest BCUT2D eigenvalue weighted by Crippen LogP contribution is 2.31. The molecule has 0 atom stereocenters. The molecule has 1 fully saturated rings. The Hall–Kier alpha value is -2.86. The van der Waals surface area contributed by atoms with Gasteiger partial charge in [-0.15, -0.1) is 0 Å². The van der Waals surface area contributed by atoms with Gasteiger partial charge in [0.05, 0.1) is 18.7 Å². The normalized spacial score (nSPS) is 14.4. The number of amides is 1. The van der Waals surface area contributed by atoms with Crippen molar-refractivity contribution in [3.63, 3.8) is 0 Å². The largest absolute Gasteiger partial charge is 0.465 e. The molecule has 0 aromatic heterocycles. The van der Waals surface area contributed by atoms with Crippen LogP contribution < -0.4 is 0 Å². The fourth-order valence-corrected chi connectivity index (χ4v) is 4.39. The second-order valence-corrected chi connectivity index (χ2v) is 8.78. The topological polar surface area (TPSA) is 49.9 Å². The van der Waals surface area contributed by atoms with Gasteiger partial charge < -0.3 is 9.64 Å². The maximum absolute atomic E-state index is 13.0. The van der Waals surface area contributed by atoms with E-state index in [1.807, 2.05) is 53.4 Å². The van der Waals surface area contributed by atoms with Gasteiger partial charge in [0, 0.05) is 41.8 Å². The Bertz CT molecular complexity index is 1060. The van der Waals surface area contributed by atoms with Crippen molar-refractivity contribution in [1.82, 2.24) is 9.80 Å². The smallest absolute Gasteiger partial charge is 0.337 e. The van der Waals surface area contributed by atoms with Crippen LogP contribution in [0.15, 0.2) is 72.8 Å². The lowest BCUT2D eigenvalue weighted by molar-refractivity contribution is 0.0587. The summed E-state index contributed by atoms with van der Waals surface area (Å²) in [6.45, 7) is 2.66. The summed E-state index contributed by atoms with van der Waals surface area (Å²) in [5.41, 5.74) is 3.26. The Morgan fingerprint density at radius 3 is 1.64 bits per heavy atom. The molecule has 7 heteroatoms. The van der Waals surface area contributed by atoms with Crippen LogP contribution in [0.3, 0.4) is 0 Å². The molecule has 3 aromatic carbocycles. The molecule has 1 aliphatic heterocycles. The predicted molar refractivity (Wildman–Crippen MR) is 130 cm³/mol. The van der Waals surface area contributed by atoms with Gasteiger partial charge in [-0.2, -0.15) is 0 Å². The van der Waals surface area contributed by atoms with Crippen LogP contribution in [0.2, 0.25) is 10.0 Å². The third-order valence-corrected chi connectivity index (χ3v) is 6.40. The fourth-order valence-electron chi connectivity index (χ4n) is 4.14. The van der Waals surface area contributed by atoms with Crippen LogP contribution >= 0.6 is 23.2 Å². The summed E-state index contributed by atoms with van der Waals surface area (Å²) in [5.74, 6) is -0.460. The number of carbonyl (C=O) groups excluding carboxylic acids is 2. The fraction of sp³-hybridized carbons (Fsp3) is 0.231. The molecule has 3 aromatic rings. The molecule has 170 valence electrons. The summed E-state index contributed by atoms with van der Waals surface area (Å²) in [6.07, 6.45) is 0. The minimum absolute atomic E-state index is 0.0381.